The van der Waals surface area contributed by atoms with Crippen LogP contribution in [0.25, 0.3) is 10.8 Å². The van der Waals surface area contributed by atoms with Gasteiger partial charge in [0.05, 0.1) is 6.61 Å². The molecule has 0 amide bonds. The highest BCUT2D eigenvalue weighted by molar-refractivity contribution is 5.85. The van der Waals surface area contributed by atoms with E-state index >= 15 is 0 Å². The second kappa shape index (κ2) is 6.38. The van der Waals surface area contributed by atoms with E-state index in [9.17, 15) is 5.11 Å². The molecule has 0 spiro atoms. The van der Waals surface area contributed by atoms with Gasteiger partial charge in [-0.25, -0.2) is 0 Å². The minimum absolute atomic E-state index is 0.144. The average molecular weight is 271 g/mol. The Kier molecular flexibility index (Phi) is 4.79. The van der Waals surface area contributed by atoms with Crippen LogP contribution in [0.5, 0.6) is 0 Å². The van der Waals surface area contributed by atoms with E-state index in [-0.39, 0.29) is 12.0 Å². The highest BCUT2D eigenvalue weighted by atomic mass is 16.3. The van der Waals surface area contributed by atoms with Gasteiger partial charge in [0.15, 0.2) is 0 Å². The molecule has 108 valence electrons. The second-order valence-corrected chi connectivity index (χ2v) is 6.28. The molecule has 0 fully saturated rings. The van der Waals surface area contributed by atoms with Crippen molar-refractivity contribution in [2.45, 2.75) is 26.7 Å². The highest BCUT2D eigenvalue weighted by Crippen LogP contribution is 2.32. The van der Waals surface area contributed by atoms with Crippen molar-refractivity contribution in [1.29, 1.82) is 0 Å². The van der Waals surface area contributed by atoms with Crippen LogP contribution in [0.4, 0.5) is 0 Å². The number of rotatable bonds is 6. The summed E-state index contributed by atoms with van der Waals surface area (Å²) in [4.78, 5) is 0. The van der Waals surface area contributed by atoms with Crippen LogP contribution in [0.2, 0.25) is 0 Å². The van der Waals surface area contributed by atoms with E-state index in [0.29, 0.717) is 12.5 Å². The lowest BCUT2D eigenvalue weighted by Crippen LogP contribution is -2.37. The van der Waals surface area contributed by atoms with Crippen molar-refractivity contribution in [3.8, 4) is 0 Å². The fourth-order valence-electron chi connectivity index (χ4n) is 3.13. The van der Waals surface area contributed by atoms with E-state index in [0.717, 1.165) is 12.8 Å². The maximum absolute atomic E-state index is 9.88. The molecule has 0 bridgehead atoms. The topological polar surface area (TPSA) is 46.2 Å². The summed E-state index contributed by atoms with van der Waals surface area (Å²) in [5, 5.41) is 12.4. The molecule has 2 rings (SSSR count). The summed E-state index contributed by atoms with van der Waals surface area (Å²) < 4.78 is 0. The van der Waals surface area contributed by atoms with Gasteiger partial charge in [0.25, 0.3) is 0 Å². The first kappa shape index (κ1) is 15.0. The third-order valence-electron chi connectivity index (χ3n) is 4.06. The van der Waals surface area contributed by atoms with Crippen molar-refractivity contribution >= 4 is 10.8 Å². The molecule has 20 heavy (non-hydrogen) atoms. The third-order valence-corrected chi connectivity index (χ3v) is 4.06. The van der Waals surface area contributed by atoms with Crippen LogP contribution in [0.15, 0.2) is 42.5 Å². The molecule has 1 unspecified atom stereocenters. The van der Waals surface area contributed by atoms with Gasteiger partial charge in [0, 0.05) is 12.0 Å². The van der Waals surface area contributed by atoms with Crippen LogP contribution in [-0.4, -0.2) is 18.3 Å². The molecule has 0 heterocycles. The zero-order valence-corrected chi connectivity index (χ0v) is 12.5. The lowest BCUT2D eigenvalue weighted by atomic mass is 9.75. The zero-order chi connectivity index (χ0) is 14.6. The summed E-state index contributed by atoms with van der Waals surface area (Å²) in [6.07, 6.45) is 1.78. The van der Waals surface area contributed by atoms with E-state index in [1.54, 1.807) is 0 Å². The molecule has 0 radical (unpaired) electrons. The normalized spacial score (nSPS) is 14.7. The van der Waals surface area contributed by atoms with Gasteiger partial charge in [0.2, 0.25) is 0 Å². The smallest absolute Gasteiger partial charge is 0.0502 e. The first-order valence-corrected chi connectivity index (χ1v) is 7.38. The van der Waals surface area contributed by atoms with Crippen LogP contribution in [0.3, 0.4) is 0 Å². The Bertz CT molecular complexity index is 553. The predicted molar refractivity (Wildman–Crippen MR) is 85.7 cm³/mol. The predicted octanol–water partition coefficient (Wildman–Crippen LogP) is 3.37. The molecule has 1 atom stereocenters. The Morgan fingerprint density at radius 1 is 1.10 bits per heavy atom. The quantitative estimate of drug-likeness (QED) is 0.846. The molecule has 2 aromatic rings. The van der Waals surface area contributed by atoms with Crippen molar-refractivity contribution in [2.24, 2.45) is 17.1 Å². The molecule has 0 aliphatic rings. The molecule has 2 aromatic carbocycles. The van der Waals surface area contributed by atoms with Gasteiger partial charge in [-0.1, -0.05) is 56.3 Å². The number of benzene rings is 2. The third kappa shape index (κ3) is 3.20. The van der Waals surface area contributed by atoms with Gasteiger partial charge in [0.1, 0.15) is 0 Å². The van der Waals surface area contributed by atoms with E-state index in [4.69, 9.17) is 5.73 Å². The number of aliphatic hydroxyl groups is 1. The number of fused-ring (bicyclic) bond motifs is 1. The molecule has 2 heteroatoms. The largest absolute Gasteiger partial charge is 0.396 e. The molecule has 0 aromatic heterocycles. The summed E-state index contributed by atoms with van der Waals surface area (Å²) in [5.74, 6) is 0.528. The van der Waals surface area contributed by atoms with Gasteiger partial charge in [-0.3, -0.25) is 0 Å². The van der Waals surface area contributed by atoms with Gasteiger partial charge >= 0.3 is 0 Å². The van der Waals surface area contributed by atoms with Crippen LogP contribution in [0, 0.1) is 11.3 Å². The first-order chi connectivity index (χ1) is 9.60. The Morgan fingerprint density at radius 2 is 1.80 bits per heavy atom. The van der Waals surface area contributed by atoms with Crippen molar-refractivity contribution in [3.63, 3.8) is 0 Å². The Balaban J connectivity index is 2.38. The molecule has 0 aliphatic heterocycles. The van der Waals surface area contributed by atoms with E-state index in [1.165, 1.54) is 16.3 Å². The lowest BCUT2D eigenvalue weighted by molar-refractivity contribution is 0.108. The number of nitrogens with two attached hydrogens (primary N) is 1. The summed E-state index contributed by atoms with van der Waals surface area (Å²) in [6, 6.07) is 14.8. The van der Waals surface area contributed by atoms with E-state index in [1.807, 2.05) is 0 Å². The summed E-state index contributed by atoms with van der Waals surface area (Å²) in [5.41, 5.74) is 7.07. The maximum atomic E-state index is 9.88. The Morgan fingerprint density at radius 3 is 2.45 bits per heavy atom. The molecular formula is C18H25NO. The molecule has 0 aliphatic carbocycles. The fourth-order valence-corrected chi connectivity index (χ4v) is 3.13. The molecule has 2 nitrogen and oxygen atoms in total. The van der Waals surface area contributed by atoms with Gasteiger partial charge < -0.3 is 10.8 Å². The minimum Gasteiger partial charge on any atom is -0.396 e. The first-order valence-electron chi connectivity index (χ1n) is 7.38. The van der Waals surface area contributed by atoms with Crippen LogP contribution in [-0.2, 0) is 6.42 Å². The van der Waals surface area contributed by atoms with Crippen molar-refractivity contribution in [1.82, 2.24) is 0 Å². The Hall–Kier alpha value is -1.38. The van der Waals surface area contributed by atoms with Crippen LogP contribution in [0.1, 0.15) is 25.8 Å². The van der Waals surface area contributed by atoms with Crippen LogP contribution >= 0.6 is 0 Å². The summed E-state index contributed by atoms with van der Waals surface area (Å²) in [6.45, 7) is 5.03. The minimum atomic E-state index is -0.210. The zero-order valence-electron chi connectivity index (χ0n) is 12.5. The lowest BCUT2D eigenvalue weighted by Gasteiger charge is -2.32. The van der Waals surface area contributed by atoms with Gasteiger partial charge in [-0.05, 0) is 35.1 Å². The molecule has 0 saturated heterocycles. The summed E-state index contributed by atoms with van der Waals surface area (Å²) in [7, 11) is 0. The van der Waals surface area contributed by atoms with Gasteiger partial charge in [-0.15, -0.1) is 0 Å². The molecule has 3 N–H and O–H groups in total. The SMILES string of the molecule is CC(C)CC(CN)(CO)Cc1cccc2ccccc12. The fraction of sp³-hybridized carbons (Fsp3) is 0.444. The number of hydrogen-bond acceptors (Lipinski definition) is 2. The van der Waals surface area contributed by atoms with E-state index in [2.05, 4.69) is 56.3 Å². The van der Waals surface area contributed by atoms with Crippen molar-refractivity contribution in [2.75, 3.05) is 13.2 Å². The average Bonchev–Trinajstić information content (AvgIpc) is 2.46. The number of aliphatic hydroxyl groups excluding tert-OH is 1. The monoisotopic (exact) mass is 271 g/mol. The maximum Gasteiger partial charge on any atom is 0.0502 e. The van der Waals surface area contributed by atoms with E-state index < -0.39 is 0 Å². The highest BCUT2D eigenvalue weighted by Gasteiger charge is 2.29. The van der Waals surface area contributed by atoms with Crippen molar-refractivity contribution < 1.29 is 5.11 Å². The van der Waals surface area contributed by atoms with Gasteiger partial charge in [-0.2, -0.15) is 0 Å². The second-order valence-electron chi connectivity index (χ2n) is 6.28. The molecule has 0 saturated carbocycles. The summed E-state index contributed by atoms with van der Waals surface area (Å²) >= 11 is 0. The standard InChI is InChI=1S/C18H25NO/c1-14(2)10-18(12-19,13-20)11-16-8-5-7-15-6-3-4-9-17(15)16/h3-9,14,20H,10-13,19H2,1-2H3. The van der Waals surface area contributed by atoms with Crippen LogP contribution < -0.4 is 5.73 Å². The Labute approximate surface area is 121 Å². The van der Waals surface area contributed by atoms with Crippen molar-refractivity contribution in [3.05, 3.63) is 48.0 Å². The molecular weight excluding hydrogens is 246 g/mol. The number of hydrogen-bond donors (Lipinski definition) is 2.